The highest BCUT2D eigenvalue weighted by atomic mass is 16.7. The van der Waals surface area contributed by atoms with E-state index < -0.39 is 88.5 Å². The van der Waals surface area contributed by atoms with Crippen molar-refractivity contribution < 1.29 is 59.1 Å². The summed E-state index contributed by atoms with van der Waals surface area (Å²) in [6.45, 7) is 15.5. The number of aliphatic hydroxyl groups excluding tert-OH is 5. The Kier molecular flexibility index (Phi) is 8.63. The van der Waals surface area contributed by atoms with Crippen molar-refractivity contribution in [3.05, 3.63) is 0 Å². The Morgan fingerprint density at radius 2 is 1.60 bits per heavy atom. The second-order valence-electron chi connectivity index (χ2n) is 19.1. The minimum Gasteiger partial charge on any atom is -0.457 e. The van der Waals surface area contributed by atoms with Gasteiger partial charge in [-0.15, -0.1) is 0 Å². The average molecular weight is 711 g/mol. The van der Waals surface area contributed by atoms with Crippen LogP contribution in [0.1, 0.15) is 100 Å². The summed E-state index contributed by atoms with van der Waals surface area (Å²) in [5.74, 6) is -3.10. The van der Waals surface area contributed by atoms with E-state index in [0.29, 0.717) is 19.3 Å². The third-order valence-corrected chi connectivity index (χ3v) is 16.4. The van der Waals surface area contributed by atoms with Crippen molar-refractivity contribution in [3.63, 3.8) is 0 Å². The molecule has 1 unspecified atom stereocenters. The van der Waals surface area contributed by atoms with Crippen molar-refractivity contribution in [1.29, 1.82) is 0 Å². The number of esters is 1. The molecule has 2 spiro atoms. The van der Waals surface area contributed by atoms with Gasteiger partial charge in [-0.1, -0.05) is 34.6 Å². The van der Waals surface area contributed by atoms with Crippen molar-refractivity contribution in [3.8, 4) is 0 Å². The monoisotopic (exact) mass is 710 g/mol. The van der Waals surface area contributed by atoms with Gasteiger partial charge in [0.2, 0.25) is 0 Å². The van der Waals surface area contributed by atoms with Crippen LogP contribution in [0.3, 0.4) is 0 Å². The van der Waals surface area contributed by atoms with Crippen LogP contribution in [0.15, 0.2) is 0 Å². The van der Waals surface area contributed by atoms with E-state index in [0.717, 1.165) is 25.7 Å². The van der Waals surface area contributed by atoms with Crippen LogP contribution in [0.5, 0.6) is 0 Å². The summed E-state index contributed by atoms with van der Waals surface area (Å²) >= 11 is 0. The number of ether oxygens (including phenoxy) is 5. The molecule has 18 atom stereocenters. The highest BCUT2D eigenvalue weighted by molar-refractivity contribution is 5.66. The molecule has 0 amide bonds. The lowest BCUT2D eigenvalue weighted by Crippen LogP contribution is -2.64. The largest absolute Gasteiger partial charge is 0.457 e. The molecular formula is C38H62O12. The first-order valence-corrected chi connectivity index (χ1v) is 18.9. The van der Waals surface area contributed by atoms with E-state index in [9.17, 15) is 35.4 Å². The fourth-order valence-corrected chi connectivity index (χ4v) is 13.9. The number of hydrogen-bond donors (Lipinski definition) is 6. The summed E-state index contributed by atoms with van der Waals surface area (Å²) < 4.78 is 30.2. The molecule has 0 aromatic heterocycles. The van der Waals surface area contributed by atoms with Crippen molar-refractivity contribution in [2.24, 2.45) is 50.7 Å². The average Bonchev–Trinajstić information content (AvgIpc) is 3.66. The zero-order valence-electron chi connectivity index (χ0n) is 31.3. The molecule has 12 nitrogen and oxygen atoms in total. The Bertz CT molecular complexity index is 1360. The topological polar surface area (TPSA) is 185 Å². The summed E-state index contributed by atoms with van der Waals surface area (Å²) in [4.78, 5) is 12.3. The van der Waals surface area contributed by atoms with E-state index in [-0.39, 0.29) is 41.3 Å². The molecule has 0 aromatic rings. The Morgan fingerprint density at radius 1 is 0.920 bits per heavy atom. The van der Waals surface area contributed by atoms with Crippen LogP contribution in [-0.4, -0.2) is 117 Å². The first kappa shape index (κ1) is 37.4. The van der Waals surface area contributed by atoms with Gasteiger partial charge in [0.25, 0.3) is 0 Å². The molecule has 5 saturated carbocycles. The zero-order chi connectivity index (χ0) is 36.8. The zero-order valence-corrected chi connectivity index (χ0v) is 31.3. The van der Waals surface area contributed by atoms with Crippen LogP contribution in [0, 0.1) is 50.7 Å². The number of methoxy groups -OCH3 is 1. The molecular weight excluding hydrogens is 648 g/mol. The van der Waals surface area contributed by atoms with Crippen LogP contribution in [0.4, 0.5) is 0 Å². The fraction of sp³-hybridized carbons (Fsp3) is 0.974. The van der Waals surface area contributed by atoms with Gasteiger partial charge in [0.1, 0.15) is 36.1 Å². The maximum atomic E-state index is 12.7. The minimum absolute atomic E-state index is 0.0830. The molecule has 12 heteroatoms. The molecule has 2 aliphatic heterocycles. The molecule has 6 N–H and O–H groups in total. The number of hydrogen-bond acceptors (Lipinski definition) is 12. The van der Waals surface area contributed by atoms with Gasteiger partial charge < -0.3 is 54.3 Å². The van der Waals surface area contributed by atoms with Gasteiger partial charge in [-0.25, -0.2) is 0 Å². The van der Waals surface area contributed by atoms with Gasteiger partial charge in [0.05, 0.1) is 18.8 Å². The molecule has 2 heterocycles. The maximum absolute atomic E-state index is 12.7. The molecule has 7 aliphatic rings. The van der Waals surface area contributed by atoms with Crippen LogP contribution < -0.4 is 0 Å². The van der Waals surface area contributed by atoms with Gasteiger partial charge in [-0.05, 0) is 98.2 Å². The van der Waals surface area contributed by atoms with Crippen LogP contribution >= 0.6 is 0 Å². The van der Waals surface area contributed by atoms with E-state index >= 15 is 0 Å². The number of carbonyl (C=O) groups is 1. The van der Waals surface area contributed by atoms with Crippen molar-refractivity contribution in [2.75, 3.05) is 13.7 Å². The Morgan fingerprint density at radius 3 is 2.24 bits per heavy atom. The Hall–Kier alpha value is -0.930. The van der Waals surface area contributed by atoms with Crippen molar-refractivity contribution >= 4 is 5.97 Å². The third-order valence-electron chi connectivity index (χ3n) is 16.4. The van der Waals surface area contributed by atoms with Crippen LogP contribution in [0.25, 0.3) is 0 Å². The highest BCUT2D eigenvalue weighted by Gasteiger charge is 2.88. The highest BCUT2D eigenvalue weighted by Crippen LogP contribution is 2.89. The van der Waals surface area contributed by atoms with Crippen molar-refractivity contribution in [1.82, 2.24) is 0 Å². The van der Waals surface area contributed by atoms with E-state index in [1.54, 1.807) is 7.11 Å². The lowest BCUT2D eigenvalue weighted by molar-refractivity contribution is -0.343. The predicted octanol–water partition coefficient (Wildman–Crippen LogP) is 2.27. The lowest BCUT2D eigenvalue weighted by Gasteiger charge is -2.64. The maximum Gasteiger partial charge on any atom is 0.303 e. The SMILES string of the molecule is COC(C)(C)[C@@H](OC(C)=O)[C@H]1C[C@@H](C)[C@H]2C(O)(O1)[C@H](O)[C@@]1(C)[C@@H]3[C@@H](O)C[C@H]4C(C)(C)[C@@H](O[C@@H]5OC[C@@H](O)[C@H](O)[C@H]5O)CC[C@@]45C[C@@]35CC[C@]21C. The molecule has 0 aromatic carbocycles. The molecule has 0 bridgehead atoms. The molecule has 286 valence electrons. The third kappa shape index (κ3) is 4.62. The van der Waals surface area contributed by atoms with Gasteiger partial charge >= 0.3 is 5.97 Å². The summed E-state index contributed by atoms with van der Waals surface area (Å²) in [7, 11) is 1.55. The van der Waals surface area contributed by atoms with Crippen LogP contribution in [0.2, 0.25) is 0 Å². The summed E-state index contributed by atoms with van der Waals surface area (Å²) in [6, 6.07) is 0. The van der Waals surface area contributed by atoms with E-state index in [1.807, 2.05) is 13.8 Å². The summed E-state index contributed by atoms with van der Waals surface area (Å²) in [5, 5.41) is 68.6. The summed E-state index contributed by atoms with van der Waals surface area (Å²) in [6.07, 6.45) is -3.74. The molecule has 0 radical (unpaired) electrons. The Balaban J connectivity index is 1.19. The van der Waals surface area contributed by atoms with E-state index in [4.69, 9.17) is 23.7 Å². The van der Waals surface area contributed by atoms with Gasteiger partial charge in [0, 0.05) is 25.4 Å². The fourth-order valence-electron chi connectivity index (χ4n) is 13.9. The minimum atomic E-state index is -1.93. The number of carbonyl (C=O) groups excluding carboxylic acids is 1. The number of rotatable bonds is 6. The van der Waals surface area contributed by atoms with E-state index in [2.05, 4.69) is 34.6 Å². The second kappa shape index (κ2) is 11.5. The van der Waals surface area contributed by atoms with E-state index in [1.165, 1.54) is 6.92 Å². The van der Waals surface area contributed by atoms with Gasteiger partial charge in [0.15, 0.2) is 18.2 Å². The first-order valence-electron chi connectivity index (χ1n) is 18.9. The standard InChI is InChI=1S/C38H62O12/c1-18-14-22(29(48-19(2)39)33(5,6)46-9)50-38(45)27(18)34(7)12-13-37-17-36(37)11-10-24(49-30-26(43)25(42)21(41)16-47-30)32(3,4)23(36)15-20(40)28(37)35(34,8)31(38)44/h18,20-31,40-45H,10-17H2,1-9H3/t18-,20+,21-,22-,23+,24+,25+,26-,27-,28+,29+,30+,31-,34-,35-,36-,37+,38?/m1/s1. The number of aliphatic hydroxyl groups is 6. The molecule has 7 rings (SSSR count). The molecule has 2 saturated heterocycles. The first-order chi connectivity index (χ1) is 23.1. The van der Waals surface area contributed by atoms with Gasteiger partial charge in [-0.3, -0.25) is 4.79 Å². The predicted molar refractivity (Wildman–Crippen MR) is 178 cm³/mol. The quantitative estimate of drug-likeness (QED) is 0.175. The Labute approximate surface area is 296 Å². The smallest absolute Gasteiger partial charge is 0.303 e. The molecule has 5 aliphatic carbocycles. The van der Waals surface area contributed by atoms with Crippen molar-refractivity contribution in [2.45, 2.75) is 167 Å². The normalized spacial score (nSPS) is 55.8. The molecule has 50 heavy (non-hydrogen) atoms. The van der Waals surface area contributed by atoms with Crippen LogP contribution in [-0.2, 0) is 28.5 Å². The second-order valence-corrected chi connectivity index (χ2v) is 19.1. The van der Waals surface area contributed by atoms with Gasteiger partial charge in [-0.2, -0.15) is 0 Å². The number of fused-ring (bicyclic) bond motifs is 4. The summed E-state index contributed by atoms with van der Waals surface area (Å²) in [5.41, 5.74) is -3.09. The molecule has 7 fully saturated rings. The lowest BCUT2D eigenvalue weighted by atomic mass is 9.40.